The molecule has 1 heterocycles. The first-order valence-corrected chi connectivity index (χ1v) is 10.4. The van der Waals surface area contributed by atoms with E-state index in [1.807, 2.05) is 19.1 Å². The predicted molar refractivity (Wildman–Crippen MR) is 115 cm³/mol. The zero-order chi connectivity index (χ0) is 20.8. The van der Waals surface area contributed by atoms with Gasteiger partial charge in [-0.05, 0) is 30.7 Å². The Morgan fingerprint density at radius 2 is 2.07 bits per heavy atom. The highest BCUT2D eigenvalue weighted by Crippen LogP contribution is 2.39. The summed E-state index contributed by atoms with van der Waals surface area (Å²) in [4.78, 5) is 2.31. The number of anilines is 1. The van der Waals surface area contributed by atoms with Gasteiger partial charge in [-0.1, -0.05) is 35.3 Å². The van der Waals surface area contributed by atoms with Gasteiger partial charge in [-0.15, -0.1) is 0 Å². The maximum absolute atomic E-state index is 13.1. The van der Waals surface area contributed by atoms with Crippen molar-refractivity contribution in [2.75, 3.05) is 38.6 Å². The second-order valence-electron chi connectivity index (χ2n) is 6.99. The van der Waals surface area contributed by atoms with Gasteiger partial charge in [-0.3, -0.25) is 4.90 Å². The normalized spacial score (nSPS) is 17.4. The van der Waals surface area contributed by atoms with Crippen molar-refractivity contribution in [3.8, 4) is 5.75 Å². The summed E-state index contributed by atoms with van der Waals surface area (Å²) in [6.07, 6.45) is 0.0551. The van der Waals surface area contributed by atoms with Crippen molar-refractivity contribution in [1.82, 2.24) is 10.2 Å². The van der Waals surface area contributed by atoms with Crippen molar-refractivity contribution in [1.29, 1.82) is 0 Å². The Balaban J connectivity index is 1.54. The van der Waals surface area contributed by atoms with Crippen LogP contribution in [-0.4, -0.2) is 43.9 Å². The number of nitrogens with one attached hydrogen (secondary N) is 1. The van der Waals surface area contributed by atoms with Gasteiger partial charge in [0.1, 0.15) is 16.6 Å². The van der Waals surface area contributed by atoms with E-state index in [1.54, 1.807) is 6.07 Å². The topological polar surface area (TPSA) is 59.8 Å². The highest BCUT2D eigenvalue weighted by Gasteiger charge is 2.21. The molecule has 29 heavy (non-hydrogen) atoms. The molecule has 0 saturated carbocycles. The Morgan fingerprint density at radius 1 is 1.31 bits per heavy atom. The number of ether oxygens (including phenoxy) is 2. The van der Waals surface area contributed by atoms with Crippen molar-refractivity contribution in [3.63, 3.8) is 0 Å². The summed E-state index contributed by atoms with van der Waals surface area (Å²) in [7, 11) is 0. The molecule has 1 unspecified atom stereocenters. The van der Waals surface area contributed by atoms with Crippen LogP contribution in [0.5, 0.6) is 5.75 Å². The van der Waals surface area contributed by atoms with Gasteiger partial charge in [-0.25, -0.2) is 4.39 Å². The Hall–Kier alpha value is -1.57. The molecule has 1 atom stereocenters. The van der Waals surface area contributed by atoms with Crippen molar-refractivity contribution in [3.05, 3.63) is 57.3 Å². The standard InChI is InChI=1S/C21H26Cl2FN3O2/c1-2-28-21-15(9-18(22)20(25)19(21)23)10-26-11-17-13-27(7-8-29-17)12-14-3-5-16(24)6-4-14/h3-6,9,17,26H,2,7-8,10-13,25H2,1H3. The van der Waals surface area contributed by atoms with Crippen LogP contribution in [0.4, 0.5) is 10.1 Å². The van der Waals surface area contributed by atoms with Crippen molar-refractivity contribution >= 4 is 28.9 Å². The van der Waals surface area contributed by atoms with Crippen LogP contribution in [0.15, 0.2) is 30.3 Å². The number of nitrogen functional groups attached to an aromatic ring is 1. The van der Waals surface area contributed by atoms with Gasteiger partial charge in [0, 0.05) is 38.3 Å². The molecule has 1 aliphatic rings. The minimum absolute atomic E-state index is 0.0551. The molecule has 5 nitrogen and oxygen atoms in total. The minimum Gasteiger partial charge on any atom is -0.492 e. The van der Waals surface area contributed by atoms with Gasteiger partial charge in [0.2, 0.25) is 0 Å². The van der Waals surface area contributed by atoms with Gasteiger partial charge in [0.15, 0.2) is 0 Å². The summed E-state index contributed by atoms with van der Waals surface area (Å²) in [5.41, 5.74) is 8.18. The minimum atomic E-state index is -0.216. The van der Waals surface area contributed by atoms with E-state index in [0.717, 1.165) is 30.8 Å². The smallest absolute Gasteiger partial charge is 0.144 e. The van der Waals surface area contributed by atoms with Crippen molar-refractivity contribution in [2.45, 2.75) is 26.1 Å². The first-order valence-electron chi connectivity index (χ1n) is 9.66. The summed E-state index contributed by atoms with van der Waals surface area (Å²) in [6, 6.07) is 8.41. The monoisotopic (exact) mass is 441 g/mol. The summed E-state index contributed by atoms with van der Waals surface area (Å²) >= 11 is 12.5. The van der Waals surface area contributed by atoms with Gasteiger partial charge in [0.25, 0.3) is 0 Å². The molecular formula is C21H26Cl2FN3O2. The van der Waals surface area contributed by atoms with Crippen molar-refractivity contribution in [2.24, 2.45) is 0 Å². The van der Waals surface area contributed by atoms with E-state index in [9.17, 15) is 4.39 Å². The number of hydrogen-bond acceptors (Lipinski definition) is 5. The molecule has 158 valence electrons. The van der Waals surface area contributed by atoms with Crippen molar-refractivity contribution < 1.29 is 13.9 Å². The lowest BCUT2D eigenvalue weighted by atomic mass is 10.1. The fourth-order valence-corrected chi connectivity index (χ4v) is 3.91. The second-order valence-corrected chi connectivity index (χ2v) is 7.78. The van der Waals surface area contributed by atoms with E-state index in [-0.39, 0.29) is 11.9 Å². The maximum atomic E-state index is 13.1. The number of rotatable bonds is 8. The average molecular weight is 442 g/mol. The molecule has 2 aromatic rings. The quantitative estimate of drug-likeness (QED) is 0.603. The van der Waals surface area contributed by atoms with Crippen LogP contribution >= 0.6 is 23.2 Å². The summed E-state index contributed by atoms with van der Waals surface area (Å²) in [5.74, 6) is 0.346. The lowest BCUT2D eigenvalue weighted by Crippen LogP contribution is -2.46. The van der Waals surface area contributed by atoms with Crippen LogP contribution < -0.4 is 15.8 Å². The molecule has 0 spiro atoms. The van der Waals surface area contributed by atoms with E-state index in [0.29, 0.717) is 47.8 Å². The molecule has 8 heteroatoms. The summed E-state index contributed by atoms with van der Waals surface area (Å²) < 4.78 is 24.6. The molecule has 0 radical (unpaired) electrons. The molecule has 1 fully saturated rings. The Morgan fingerprint density at radius 3 is 2.79 bits per heavy atom. The molecular weight excluding hydrogens is 416 g/mol. The molecule has 1 aliphatic heterocycles. The van der Waals surface area contributed by atoms with Crippen LogP contribution in [0.1, 0.15) is 18.1 Å². The fraction of sp³-hybridized carbons (Fsp3) is 0.429. The van der Waals surface area contributed by atoms with E-state index in [1.165, 1.54) is 12.1 Å². The van der Waals surface area contributed by atoms with E-state index < -0.39 is 0 Å². The lowest BCUT2D eigenvalue weighted by Gasteiger charge is -2.33. The first-order chi connectivity index (χ1) is 14.0. The van der Waals surface area contributed by atoms with Crippen LogP contribution in [-0.2, 0) is 17.8 Å². The molecule has 0 bridgehead atoms. The number of morpholine rings is 1. The zero-order valence-electron chi connectivity index (χ0n) is 16.4. The average Bonchev–Trinajstić information content (AvgIpc) is 2.71. The van der Waals surface area contributed by atoms with Crippen LogP contribution in [0.2, 0.25) is 10.0 Å². The molecule has 2 aromatic carbocycles. The third kappa shape index (κ3) is 5.96. The SMILES string of the molecule is CCOc1c(CNCC2CN(Cc3ccc(F)cc3)CCO2)cc(Cl)c(N)c1Cl. The number of benzene rings is 2. The van der Waals surface area contributed by atoms with Gasteiger partial charge in [0.05, 0.1) is 30.0 Å². The van der Waals surface area contributed by atoms with E-state index in [4.69, 9.17) is 38.4 Å². The molecule has 0 amide bonds. The molecule has 1 saturated heterocycles. The number of nitrogens with two attached hydrogens (primary N) is 1. The largest absolute Gasteiger partial charge is 0.492 e. The number of nitrogens with zero attached hydrogens (tertiary/aromatic N) is 1. The molecule has 3 rings (SSSR count). The predicted octanol–water partition coefficient (Wildman–Crippen LogP) is 4.10. The van der Waals surface area contributed by atoms with Gasteiger partial charge < -0.3 is 20.5 Å². The third-order valence-electron chi connectivity index (χ3n) is 4.80. The Kier molecular flexibility index (Phi) is 7.98. The van der Waals surface area contributed by atoms with Crippen LogP contribution in [0.3, 0.4) is 0 Å². The summed E-state index contributed by atoms with van der Waals surface area (Å²) in [5, 5.41) is 4.15. The van der Waals surface area contributed by atoms with E-state index >= 15 is 0 Å². The fourth-order valence-electron chi connectivity index (χ4n) is 3.36. The third-order valence-corrected chi connectivity index (χ3v) is 5.49. The summed E-state index contributed by atoms with van der Waals surface area (Å²) in [6.45, 7) is 6.67. The zero-order valence-corrected chi connectivity index (χ0v) is 17.9. The molecule has 0 aliphatic carbocycles. The molecule has 0 aromatic heterocycles. The first kappa shape index (κ1) is 22.1. The Bertz CT molecular complexity index is 821. The maximum Gasteiger partial charge on any atom is 0.144 e. The Labute approximate surface area is 180 Å². The highest BCUT2D eigenvalue weighted by atomic mass is 35.5. The lowest BCUT2D eigenvalue weighted by molar-refractivity contribution is -0.0300. The number of hydrogen-bond donors (Lipinski definition) is 2. The number of halogens is 3. The van der Waals surface area contributed by atoms with Gasteiger partial charge in [-0.2, -0.15) is 0 Å². The highest BCUT2D eigenvalue weighted by molar-refractivity contribution is 6.40. The van der Waals surface area contributed by atoms with Crippen LogP contribution in [0, 0.1) is 5.82 Å². The van der Waals surface area contributed by atoms with Crippen LogP contribution in [0.25, 0.3) is 0 Å². The molecule has 3 N–H and O–H groups in total. The van der Waals surface area contributed by atoms with E-state index in [2.05, 4.69) is 10.2 Å². The van der Waals surface area contributed by atoms with Gasteiger partial charge >= 0.3 is 0 Å². The second kappa shape index (κ2) is 10.5.